The third kappa shape index (κ3) is 3.98. The minimum Gasteiger partial charge on any atom is -0.462 e. The predicted octanol–water partition coefficient (Wildman–Crippen LogP) is 4.97. The van der Waals surface area contributed by atoms with Crippen molar-refractivity contribution in [3.05, 3.63) is 11.1 Å². The van der Waals surface area contributed by atoms with Crippen LogP contribution in [0.1, 0.15) is 78.5 Å². The number of hydrogen-bond donors (Lipinski definition) is 1. The highest BCUT2D eigenvalue weighted by Gasteiger charge is 2.65. The van der Waals surface area contributed by atoms with Crippen molar-refractivity contribution in [2.24, 2.45) is 23.2 Å². The predicted molar refractivity (Wildman–Crippen MR) is 124 cm³/mol. The molecule has 6 bridgehead atoms. The summed E-state index contributed by atoms with van der Waals surface area (Å²) < 4.78 is 105. The zero-order valence-electron chi connectivity index (χ0n) is 20.8. The molecule has 4 saturated carbocycles. The first-order valence-corrected chi connectivity index (χ1v) is 14.3. The van der Waals surface area contributed by atoms with Gasteiger partial charge in [0.05, 0.1) is 12.0 Å². The number of carbonyl (C=O) groups is 3. The molecule has 0 saturated heterocycles. The number of benzene rings is 1. The second-order valence-electron chi connectivity index (χ2n) is 11.4. The fraction of sp³-hybridized carbons (Fsp3) is 0.640. The van der Waals surface area contributed by atoms with E-state index >= 15 is 0 Å². The van der Waals surface area contributed by atoms with Crippen LogP contribution in [0.5, 0.6) is 11.5 Å². The zero-order chi connectivity index (χ0) is 28.8. The van der Waals surface area contributed by atoms with E-state index in [1.807, 2.05) is 0 Å². The second kappa shape index (κ2) is 8.78. The molecule has 0 radical (unpaired) electrons. The number of rotatable bonds is 10. The summed E-state index contributed by atoms with van der Waals surface area (Å²) in [6, 6.07) is 0. The molecule has 15 heteroatoms. The Balaban J connectivity index is 1.13. The summed E-state index contributed by atoms with van der Waals surface area (Å²) in [5, 5.41) is -5.69. The quantitative estimate of drug-likeness (QED) is 0.132. The maximum atomic E-state index is 13.6. The standard InChI is InChI=1S/C25H24F4O10S/c26-24(27,25(28,29)40(33,34)35)3-1-2-4-36-20(30)14-15-17-18(38-21(15)31)19(16(14)37-17)39-22(32)23-8-11-5-12(9-23)7-13(6-11)10-23/h11-13H,1-10H2,(H,33,34,35). The zero-order valence-corrected chi connectivity index (χ0v) is 21.7. The van der Waals surface area contributed by atoms with Crippen LogP contribution in [0.2, 0.25) is 0 Å². The molecular weight excluding hydrogens is 568 g/mol. The topological polar surface area (TPSA) is 146 Å². The number of carbonyl (C=O) groups excluding carboxylic acids is 3. The van der Waals surface area contributed by atoms with Crippen LogP contribution in [0.3, 0.4) is 0 Å². The molecule has 4 fully saturated rings. The van der Waals surface area contributed by atoms with Gasteiger partial charge in [-0.3, -0.25) is 9.35 Å². The number of alkyl halides is 4. The van der Waals surface area contributed by atoms with Crippen molar-refractivity contribution >= 4 is 39.2 Å². The van der Waals surface area contributed by atoms with Crippen molar-refractivity contribution in [2.45, 2.75) is 69.0 Å². The minimum atomic E-state index is -6.35. The monoisotopic (exact) mass is 592 g/mol. The van der Waals surface area contributed by atoms with Crippen molar-refractivity contribution in [3.8, 4) is 11.5 Å². The molecule has 218 valence electrons. The number of unbranched alkanes of at least 4 members (excludes halogenated alkanes) is 1. The van der Waals surface area contributed by atoms with E-state index < -0.39 is 64.1 Å². The Morgan fingerprint density at radius 1 is 1.00 bits per heavy atom. The normalized spacial score (nSPS) is 27.4. The SMILES string of the molecule is O=C1Oc2c(OC(=O)C34CC5CC(CC(C5)C3)C4)c3oc2c1c3C(=O)OCCCCC(F)(F)C(F)(F)S(=O)(=O)O. The van der Waals surface area contributed by atoms with Crippen molar-refractivity contribution in [3.63, 3.8) is 0 Å². The van der Waals surface area contributed by atoms with Gasteiger partial charge in [0.2, 0.25) is 11.5 Å². The van der Waals surface area contributed by atoms with Crippen molar-refractivity contribution in [1.29, 1.82) is 0 Å². The Morgan fingerprint density at radius 2 is 1.60 bits per heavy atom. The third-order valence-corrected chi connectivity index (χ3v) is 9.61. The smallest absolute Gasteiger partial charge is 0.431 e. The molecular formula is C25H24F4O10S. The molecule has 1 N–H and O–H groups in total. The number of fused-ring (bicyclic) bond motifs is 1. The molecule has 4 aliphatic carbocycles. The summed E-state index contributed by atoms with van der Waals surface area (Å²) in [4.78, 5) is 38.7. The number of esters is 3. The van der Waals surface area contributed by atoms with Crippen LogP contribution in [0, 0.1) is 23.2 Å². The highest BCUT2D eigenvalue weighted by Crippen LogP contribution is 2.61. The summed E-state index contributed by atoms with van der Waals surface area (Å²) in [7, 11) is -6.35. The Hall–Kier alpha value is -2.94. The Bertz CT molecular complexity index is 1480. The van der Waals surface area contributed by atoms with Gasteiger partial charge in [-0.2, -0.15) is 26.0 Å². The molecule has 40 heavy (non-hydrogen) atoms. The van der Waals surface area contributed by atoms with Gasteiger partial charge in [0.15, 0.2) is 11.2 Å². The molecule has 5 aliphatic rings. The lowest BCUT2D eigenvalue weighted by molar-refractivity contribution is -0.164. The van der Waals surface area contributed by atoms with Crippen molar-refractivity contribution in [1.82, 2.24) is 0 Å². The van der Waals surface area contributed by atoms with Crippen LogP contribution < -0.4 is 9.47 Å². The summed E-state index contributed by atoms with van der Waals surface area (Å²) >= 11 is 0. The Labute approximate surface area is 224 Å². The lowest BCUT2D eigenvalue weighted by Crippen LogP contribution is -2.51. The lowest BCUT2D eigenvalue weighted by Gasteiger charge is -2.55. The average Bonchev–Trinajstić information content (AvgIpc) is 3.46. The maximum absolute atomic E-state index is 13.6. The van der Waals surface area contributed by atoms with E-state index in [-0.39, 0.29) is 40.2 Å². The van der Waals surface area contributed by atoms with Crippen molar-refractivity contribution < 1.29 is 63.5 Å². The molecule has 2 aromatic rings. The van der Waals surface area contributed by atoms with E-state index in [1.54, 1.807) is 0 Å². The molecule has 0 aromatic carbocycles. The van der Waals surface area contributed by atoms with Gasteiger partial charge in [-0.15, -0.1) is 0 Å². The molecule has 2 aromatic heterocycles. The molecule has 1 aliphatic heterocycles. The van der Waals surface area contributed by atoms with Crippen LogP contribution in [0.25, 0.3) is 11.2 Å². The Morgan fingerprint density at radius 3 is 2.17 bits per heavy atom. The highest BCUT2D eigenvalue weighted by molar-refractivity contribution is 7.87. The minimum absolute atomic E-state index is 0.0904. The van der Waals surface area contributed by atoms with E-state index in [0.717, 1.165) is 19.3 Å². The summed E-state index contributed by atoms with van der Waals surface area (Å²) in [5.41, 5.74) is -1.57. The molecule has 0 amide bonds. The molecule has 0 spiro atoms. The average molecular weight is 593 g/mol. The fourth-order valence-corrected chi connectivity index (χ4v) is 7.74. The number of hydrogen-bond acceptors (Lipinski definition) is 9. The second-order valence-corrected chi connectivity index (χ2v) is 12.9. The number of furan rings is 2. The summed E-state index contributed by atoms with van der Waals surface area (Å²) in [6.07, 6.45) is 2.72. The van der Waals surface area contributed by atoms with E-state index in [2.05, 4.69) is 0 Å². The molecule has 10 nitrogen and oxygen atoms in total. The van der Waals surface area contributed by atoms with Crippen LogP contribution in [0.15, 0.2) is 4.42 Å². The number of ether oxygens (including phenoxy) is 3. The van der Waals surface area contributed by atoms with E-state index in [0.29, 0.717) is 37.0 Å². The first-order chi connectivity index (χ1) is 18.6. The Kier molecular flexibility index (Phi) is 5.98. The molecule has 0 unspecified atom stereocenters. The van der Waals surface area contributed by atoms with Gasteiger partial charge in [-0.1, -0.05) is 0 Å². The van der Waals surface area contributed by atoms with Gasteiger partial charge in [0.25, 0.3) is 0 Å². The summed E-state index contributed by atoms with van der Waals surface area (Å²) in [6.45, 7) is -0.556. The maximum Gasteiger partial charge on any atom is 0.431 e. The first kappa shape index (κ1) is 27.2. The van der Waals surface area contributed by atoms with Crippen LogP contribution in [-0.4, -0.2) is 48.7 Å². The van der Waals surface area contributed by atoms with Crippen LogP contribution in [-0.2, 0) is 19.6 Å². The van der Waals surface area contributed by atoms with E-state index in [4.69, 9.17) is 23.2 Å². The highest BCUT2D eigenvalue weighted by atomic mass is 32.2. The summed E-state index contributed by atoms with van der Waals surface area (Å²) in [5.74, 6) is -6.53. The van der Waals surface area contributed by atoms with Gasteiger partial charge in [-0.25, -0.2) is 9.59 Å². The van der Waals surface area contributed by atoms with Gasteiger partial charge in [-0.05, 0) is 69.1 Å². The van der Waals surface area contributed by atoms with Crippen molar-refractivity contribution in [2.75, 3.05) is 6.61 Å². The molecule has 0 atom stereocenters. The van der Waals surface area contributed by atoms with Gasteiger partial charge in [0.1, 0.15) is 11.1 Å². The third-order valence-electron chi connectivity index (χ3n) is 8.66. The lowest BCUT2D eigenvalue weighted by atomic mass is 9.49. The van der Waals surface area contributed by atoms with Crippen LogP contribution in [0.4, 0.5) is 17.6 Å². The van der Waals surface area contributed by atoms with E-state index in [1.165, 1.54) is 0 Å². The first-order valence-electron chi connectivity index (χ1n) is 12.9. The molecule has 7 rings (SSSR count). The van der Waals surface area contributed by atoms with Gasteiger partial charge < -0.3 is 18.6 Å². The van der Waals surface area contributed by atoms with Crippen LogP contribution >= 0.6 is 0 Å². The van der Waals surface area contributed by atoms with Gasteiger partial charge in [0, 0.05) is 6.42 Å². The largest absolute Gasteiger partial charge is 0.462 e. The number of halogens is 4. The van der Waals surface area contributed by atoms with Gasteiger partial charge >= 0.3 is 39.2 Å². The van der Waals surface area contributed by atoms with E-state index in [9.17, 15) is 40.4 Å². The fourth-order valence-electron chi connectivity index (χ4n) is 7.26. The molecule has 3 heterocycles.